The zero-order valence-corrected chi connectivity index (χ0v) is 12.0. The molecule has 0 aromatic heterocycles. The monoisotopic (exact) mass is 278 g/mol. The number of rotatable bonds is 3. The number of aryl methyl sites for hydroxylation is 1. The maximum Gasteiger partial charge on any atom is 0.231 e. The Hall–Kier alpha value is -1.42. The lowest BCUT2D eigenvalue weighted by Gasteiger charge is -2.29. The van der Waals surface area contributed by atoms with Gasteiger partial charge in [0.1, 0.15) is 5.82 Å². The van der Waals surface area contributed by atoms with Crippen molar-refractivity contribution in [3.8, 4) is 0 Å². The van der Waals surface area contributed by atoms with Gasteiger partial charge in [0, 0.05) is 6.54 Å². The van der Waals surface area contributed by atoms with Gasteiger partial charge in [-0.15, -0.1) is 0 Å². The van der Waals surface area contributed by atoms with Crippen LogP contribution in [0, 0.1) is 18.2 Å². The van der Waals surface area contributed by atoms with Gasteiger partial charge in [-0.1, -0.05) is 31.7 Å². The van der Waals surface area contributed by atoms with Crippen molar-refractivity contribution in [1.82, 2.24) is 0 Å². The zero-order valence-electron chi connectivity index (χ0n) is 12.0. The van der Waals surface area contributed by atoms with Gasteiger partial charge in [0.05, 0.1) is 11.1 Å². The van der Waals surface area contributed by atoms with E-state index in [2.05, 4.69) is 5.32 Å². The third-order valence-corrected chi connectivity index (χ3v) is 4.31. The van der Waals surface area contributed by atoms with Crippen LogP contribution in [0.5, 0.6) is 0 Å². The summed E-state index contributed by atoms with van der Waals surface area (Å²) in [7, 11) is 0. The molecule has 2 rings (SSSR count). The number of nitrogens with two attached hydrogens (primary N) is 1. The standard InChI is InChI=1S/C16H23FN2O/c1-12-6-7-14(13(17)10-12)19-15(20)16(11-18)8-4-2-3-5-9-16/h6-7,10H,2-5,8-9,11,18H2,1H3,(H,19,20). The summed E-state index contributed by atoms with van der Waals surface area (Å²) >= 11 is 0. The van der Waals surface area contributed by atoms with Gasteiger partial charge in [0.2, 0.25) is 5.91 Å². The minimum atomic E-state index is -0.534. The molecule has 0 saturated heterocycles. The lowest BCUT2D eigenvalue weighted by atomic mass is 9.79. The molecular formula is C16H23FN2O. The van der Waals surface area contributed by atoms with E-state index in [0.29, 0.717) is 6.54 Å². The molecular weight excluding hydrogens is 255 g/mol. The maximum atomic E-state index is 13.8. The second kappa shape index (κ2) is 6.35. The molecule has 1 amide bonds. The fourth-order valence-corrected chi connectivity index (χ4v) is 2.91. The van der Waals surface area contributed by atoms with E-state index in [-0.39, 0.29) is 17.4 Å². The summed E-state index contributed by atoms with van der Waals surface area (Å²) in [6.45, 7) is 2.15. The Kier molecular flexibility index (Phi) is 4.76. The average molecular weight is 278 g/mol. The SMILES string of the molecule is Cc1ccc(NC(=O)C2(CN)CCCCCC2)c(F)c1. The van der Waals surface area contributed by atoms with Gasteiger partial charge in [-0.05, 0) is 37.5 Å². The molecule has 0 aliphatic heterocycles. The maximum absolute atomic E-state index is 13.8. The van der Waals surface area contributed by atoms with E-state index >= 15 is 0 Å². The highest BCUT2D eigenvalue weighted by Gasteiger charge is 2.37. The molecule has 4 heteroatoms. The number of hydrogen-bond acceptors (Lipinski definition) is 2. The van der Waals surface area contributed by atoms with E-state index in [1.807, 2.05) is 6.92 Å². The van der Waals surface area contributed by atoms with Crippen LogP contribution in [-0.2, 0) is 4.79 Å². The van der Waals surface area contributed by atoms with E-state index in [0.717, 1.165) is 44.1 Å². The lowest BCUT2D eigenvalue weighted by molar-refractivity contribution is -0.125. The Labute approximate surface area is 119 Å². The first-order valence-electron chi connectivity index (χ1n) is 7.35. The molecule has 0 radical (unpaired) electrons. The Morgan fingerprint density at radius 3 is 2.50 bits per heavy atom. The van der Waals surface area contributed by atoms with Gasteiger partial charge in [0.15, 0.2) is 0 Å². The van der Waals surface area contributed by atoms with E-state index in [9.17, 15) is 9.18 Å². The third kappa shape index (κ3) is 3.18. The number of carbonyl (C=O) groups excluding carboxylic acids is 1. The molecule has 1 fully saturated rings. The van der Waals surface area contributed by atoms with Crippen molar-refractivity contribution in [1.29, 1.82) is 0 Å². The first-order chi connectivity index (χ1) is 9.57. The van der Waals surface area contributed by atoms with Gasteiger partial charge in [-0.2, -0.15) is 0 Å². The van der Waals surface area contributed by atoms with Crippen LogP contribution in [0.15, 0.2) is 18.2 Å². The van der Waals surface area contributed by atoms with Crippen LogP contribution in [0.1, 0.15) is 44.1 Å². The van der Waals surface area contributed by atoms with Gasteiger partial charge < -0.3 is 11.1 Å². The molecule has 1 saturated carbocycles. The van der Waals surface area contributed by atoms with Crippen molar-refractivity contribution in [2.24, 2.45) is 11.1 Å². The molecule has 0 spiro atoms. The molecule has 1 aromatic rings. The topological polar surface area (TPSA) is 55.1 Å². The molecule has 0 bridgehead atoms. The highest BCUT2D eigenvalue weighted by Crippen LogP contribution is 2.35. The van der Waals surface area contributed by atoms with Gasteiger partial charge in [-0.25, -0.2) is 4.39 Å². The summed E-state index contributed by atoms with van der Waals surface area (Å²) < 4.78 is 13.8. The Morgan fingerprint density at radius 1 is 1.30 bits per heavy atom. The van der Waals surface area contributed by atoms with E-state index in [1.54, 1.807) is 12.1 Å². The average Bonchev–Trinajstić information content (AvgIpc) is 2.68. The number of hydrogen-bond donors (Lipinski definition) is 2. The molecule has 1 aliphatic carbocycles. The van der Waals surface area contributed by atoms with E-state index < -0.39 is 5.41 Å². The lowest BCUT2D eigenvalue weighted by Crippen LogP contribution is -2.42. The second-order valence-corrected chi connectivity index (χ2v) is 5.84. The first kappa shape index (κ1) is 15.0. The normalized spacial score (nSPS) is 18.4. The number of halogens is 1. The molecule has 3 N–H and O–H groups in total. The highest BCUT2D eigenvalue weighted by atomic mass is 19.1. The van der Waals surface area contributed by atoms with Gasteiger partial charge >= 0.3 is 0 Å². The summed E-state index contributed by atoms with van der Waals surface area (Å²) in [5.41, 5.74) is 6.42. The molecule has 1 aromatic carbocycles. The number of amides is 1. The predicted octanol–water partition coefficient (Wildman–Crippen LogP) is 3.37. The number of anilines is 1. The molecule has 0 unspecified atom stereocenters. The van der Waals surface area contributed by atoms with Crippen molar-refractivity contribution >= 4 is 11.6 Å². The second-order valence-electron chi connectivity index (χ2n) is 5.84. The van der Waals surface area contributed by atoms with Crippen LogP contribution in [0.2, 0.25) is 0 Å². The Bertz CT molecular complexity index is 479. The summed E-state index contributed by atoms with van der Waals surface area (Å²) in [5, 5.41) is 2.73. The van der Waals surface area contributed by atoms with Crippen LogP contribution >= 0.6 is 0 Å². The minimum absolute atomic E-state index is 0.135. The van der Waals surface area contributed by atoms with Crippen LogP contribution in [-0.4, -0.2) is 12.5 Å². The van der Waals surface area contributed by atoms with Crippen molar-refractivity contribution in [3.05, 3.63) is 29.6 Å². The first-order valence-corrected chi connectivity index (χ1v) is 7.35. The molecule has 0 atom stereocenters. The van der Waals surface area contributed by atoms with Crippen LogP contribution in [0.25, 0.3) is 0 Å². The minimum Gasteiger partial charge on any atom is -0.329 e. The van der Waals surface area contributed by atoms with Crippen molar-refractivity contribution in [2.75, 3.05) is 11.9 Å². The fraction of sp³-hybridized carbons (Fsp3) is 0.562. The van der Waals surface area contributed by atoms with Crippen molar-refractivity contribution in [2.45, 2.75) is 45.4 Å². The van der Waals surface area contributed by atoms with Crippen LogP contribution < -0.4 is 11.1 Å². The number of carbonyl (C=O) groups is 1. The number of nitrogens with one attached hydrogen (secondary N) is 1. The van der Waals surface area contributed by atoms with E-state index in [4.69, 9.17) is 5.73 Å². The summed E-state index contributed by atoms with van der Waals surface area (Å²) in [4.78, 5) is 12.6. The zero-order chi connectivity index (χ0) is 14.6. The van der Waals surface area contributed by atoms with Gasteiger partial charge in [0.25, 0.3) is 0 Å². The van der Waals surface area contributed by atoms with Crippen molar-refractivity contribution in [3.63, 3.8) is 0 Å². The molecule has 20 heavy (non-hydrogen) atoms. The number of benzene rings is 1. The Morgan fingerprint density at radius 2 is 1.95 bits per heavy atom. The summed E-state index contributed by atoms with van der Waals surface area (Å²) in [6, 6.07) is 4.84. The van der Waals surface area contributed by atoms with Crippen molar-refractivity contribution < 1.29 is 9.18 Å². The van der Waals surface area contributed by atoms with Gasteiger partial charge in [-0.3, -0.25) is 4.79 Å². The fourth-order valence-electron chi connectivity index (χ4n) is 2.91. The molecule has 110 valence electrons. The summed E-state index contributed by atoms with van der Waals surface area (Å²) in [6.07, 6.45) is 5.91. The largest absolute Gasteiger partial charge is 0.329 e. The third-order valence-electron chi connectivity index (χ3n) is 4.31. The molecule has 3 nitrogen and oxygen atoms in total. The Balaban J connectivity index is 2.16. The highest BCUT2D eigenvalue weighted by molar-refractivity contribution is 5.95. The predicted molar refractivity (Wildman–Crippen MR) is 79.0 cm³/mol. The van der Waals surface area contributed by atoms with Crippen LogP contribution in [0.4, 0.5) is 10.1 Å². The van der Waals surface area contributed by atoms with Crippen LogP contribution in [0.3, 0.4) is 0 Å². The van der Waals surface area contributed by atoms with E-state index in [1.165, 1.54) is 6.07 Å². The summed E-state index contributed by atoms with van der Waals surface area (Å²) in [5.74, 6) is -0.524. The smallest absolute Gasteiger partial charge is 0.231 e. The molecule has 1 aliphatic rings. The molecule has 0 heterocycles. The quantitative estimate of drug-likeness (QED) is 0.833.